The lowest BCUT2D eigenvalue weighted by molar-refractivity contribution is -0.385. The quantitative estimate of drug-likeness (QED) is 0.615. The Morgan fingerprint density at radius 3 is 2.44 bits per heavy atom. The lowest BCUT2D eigenvalue weighted by atomic mass is 10.3. The molecule has 0 aromatic heterocycles. The monoisotopic (exact) mass is 250 g/mol. The molecule has 1 rings (SSSR count). The molecule has 0 aliphatic heterocycles. The van der Waals surface area contributed by atoms with Crippen molar-refractivity contribution in [2.24, 2.45) is 5.14 Å². The van der Waals surface area contributed by atoms with Gasteiger partial charge in [-0.05, 0) is 0 Å². The molecule has 0 unspecified atom stereocenters. The minimum Gasteiger partial charge on any atom is -0.492 e. The van der Waals surface area contributed by atoms with E-state index in [0.29, 0.717) is 12.1 Å². The fourth-order valence-electron chi connectivity index (χ4n) is 1.07. The number of rotatable bonds is 3. The van der Waals surface area contributed by atoms with Gasteiger partial charge in [-0.15, -0.1) is 0 Å². The minimum absolute atomic E-state index is 0.549. The second-order valence-corrected chi connectivity index (χ2v) is 4.29. The van der Waals surface area contributed by atoms with Crippen LogP contribution in [0.5, 0.6) is 5.75 Å². The molecule has 1 aromatic rings. The molecule has 0 aliphatic carbocycles. The van der Waals surface area contributed by atoms with Crippen LogP contribution in [-0.2, 0) is 10.0 Å². The van der Waals surface area contributed by atoms with E-state index in [1.165, 1.54) is 0 Å². The summed E-state index contributed by atoms with van der Waals surface area (Å²) in [6.07, 6.45) is 0. The maximum Gasteiger partial charge on any atom is 0.274 e. The summed E-state index contributed by atoms with van der Waals surface area (Å²) in [5.74, 6) is -1.81. The lowest BCUT2D eigenvalue weighted by Gasteiger charge is -2.07. The number of hydrogen-bond acceptors (Lipinski definition) is 5. The van der Waals surface area contributed by atoms with E-state index in [2.05, 4.69) is 4.74 Å². The Bertz CT molecular complexity index is 542. The second kappa shape index (κ2) is 4.02. The third-order valence-corrected chi connectivity index (χ3v) is 2.63. The average molecular weight is 250 g/mol. The van der Waals surface area contributed by atoms with Crippen LogP contribution >= 0.6 is 0 Å². The van der Waals surface area contributed by atoms with Crippen molar-refractivity contribution >= 4 is 15.7 Å². The number of primary sulfonamides is 1. The van der Waals surface area contributed by atoms with Crippen LogP contribution in [-0.4, -0.2) is 20.5 Å². The highest BCUT2D eigenvalue weighted by Gasteiger charge is 2.24. The zero-order chi connectivity index (χ0) is 12.5. The van der Waals surface area contributed by atoms with Crippen molar-refractivity contribution in [1.29, 1.82) is 0 Å². The average Bonchev–Trinajstić information content (AvgIpc) is 2.14. The van der Waals surface area contributed by atoms with E-state index in [0.717, 1.165) is 7.11 Å². The fraction of sp³-hybridized carbons (Fsp3) is 0.143. The van der Waals surface area contributed by atoms with Crippen molar-refractivity contribution in [3.8, 4) is 5.75 Å². The van der Waals surface area contributed by atoms with E-state index < -0.39 is 37.1 Å². The predicted molar refractivity (Wildman–Crippen MR) is 51.0 cm³/mol. The predicted octanol–water partition coefficient (Wildman–Crippen LogP) is 0.390. The number of halogens is 1. The normalized spacial score (nSPS) is 11.2. The van der Waals surface area contributed by atoms with Crippen LogP contribution in [0.4, 0.5) is 10.1 Å². The maximum absolute atomic E-state index is 13.3. The van der Waals surface area contributed by atoms with Gasteiger partial charge in [-0.25, -0.2) is 17.9 Å². The Labute approximate surface area is 89.8 Å². The Kier molecular flexibility index (Phi) is 3.10. The zero-order valence-corrected chi connectivity index (χ0v) is 8.82. The van der Waals surface area contributed by atoms with Crippen LogP contribution in [0.1, 0.15) is 0 Å². The number of hydrogen-bond donors (Lipinski definition) is 1. The van der Waals surface area contributed by atoms with Gasteiger partial charge in [0, 0.05) is 6.07 Å². The molecule has 0 bridgehead atoms. The zero-order valence-electron chi connectivity index (χ0n) is 8.01. The summed E-state index contributed by atoms with van der Waals surface area (Å²) in [4.78, 5) is 8.70. The summed E-state index contributed by atoms with van der Waals surface area (Å²) in [7, 11) is -3.27. The number of methoxy groups -OCH3 is 1. The molecule has 0 saturated carbocycles. The van der Waals surface area contributed by atoms with Gasteiger partial charge >= 0.3 is 0 Å². The number of nitrogens with zero attached hydrogens (tertiary/aromatic N) is 1. The molecule has 1 aromatic carbocycles. The highest BCUT2D eigenvalue weighted by molar-refractivity contribution is 7.89. The van der Waals surface area contributed by atoms with E-state index in [1.54, 1.807) is 0 Å². The van der Waals surface area contributed by atoms with Gasteiger partial charge in [0.2, 0.25) is 10.0 Å². The largest absolute Gasteiger partial charge is 0.492 e. The van der Waals surface area contributed by atoms with Crippen molar-refractivity contribution in [3.05, 3.63) is 28.1 Å². The minimum atomic E-state index is -4.29. The van der Waals surface area contributed by atoms with Gasteiger partial charge in [0.25, 0.3) is 5.69 Å². The number of sulfonamides is 1. The molecule has 0 spiro atoms. The maximum atomic E-state index is 13.3. The third kappa shape index (κ3) is 2.25. The molecular formula is C7H7FN2O5S. The standard InChI is InChI=1S/C7H7FN2O5S/c1-15-7-5(8)2-4(10(11)12)3-6(7)16(9,13)14/h2-3H,1H3,(H2,9,13,14). The fourth-order valence-corrected chi connectivity index (χ4v) is 1.79. The third-order valence-electron chi connectivity index (χ3n) is 1.72. The molecule has 88 valence electrons. The van der Waals surface area contributed by atoms with Crippen LogP contribution in [0.15, 0.2) is 17.0 Å². The Hall–Kier alpha value is -1.74. The van der Waals surface area contributed by atoms with Crippen molar-refractivity contribution < 1.29 is 22.5 Å². The molecule has 0 fully saturated rings. The molecule has 16 heavy (non-hydrogen) atoms. The van der Waals surface area contributed by atoms with Crippen molar-refractivity contribution in [2.45, 2.75) is 4.90 Å². The highest BCUT2D eigenvalue weighted by Crippen LogP contribution is 2.30. The molecule has 0 radical (unpaired) electrons. The van der Waals surface area contributed by atoms with Crippen LogP contribution < -0.4 is 9.88 Å². The first-order chi connectivity index (χ1) is 7.27. The molecule has 7 nitrogen and oxygen atoms in total. The lowest BCUT2D eigenvalue weighted by Crippen LogP contribution is -2.14. The summed E-state index contributed by atoms with van der Waals surface area (Å²) in [6.45, 7) is 0. The Balaban J connectivity index is 3.62. The summed E-state index contributed by atoms with van der Waals surface area (Å²) in [6, 6.07) is 1.19. The van der Waals surface area contributed by atoms with Crippen LogP contribution in [0.2, 0.25) is 0 Å². The highest BCUT2D eigenvalue weighted by atomic mass is 32.2. The second-order valence-electron chi connectivity index (χ2n) is 2.76. The number of ether oxygens (including phenoxy) is 1. The van der Waals surface area contributed by atoms with E-state index in [9.17, 15) is 22.9 Å². The number of nitro benzene ring substituents is 1. The smallest absolute Gasteiger partial charge is 0.274 e. The summed E-state index contributed by atoms with van der Waals surface area (Å²) < 4.78 is 39.8. The summed E-state index contributed by atoms with van der Waals surface area (Å²) in [5, 5.41) is 15.2. The molecule has 2 N–H and O–H groups in total. The van der Waals surface area contributed by atoms with E-state index in [1.807, 2.05) is 0 Å². The van der Waals surface area contributed by atoms with E-state index in [4.69, 9.17) is 5.14 Å². The van der Waals surface area contributed by atoms with Gasteiger partial charge < -0.3 is 4.74 Å². The van der Waals surface area contributed by atoms with Crippen LogP contribution in [0, 0.1) is 15.9 Å². The SMILES string of the molecule is COc1c(F)cc([N+](=O)[O-])cc1S(N)(=O)=O. The molecular weight excluding hydrogens is 243 g/mol. The summed E-state index contributed by atoms with van der Waals surface area (Å²) >= 11 is 0. The van der Waals surface area contributed by atoms with Crippen molar-refractivity contribution in [3.63, 3.8) is 0 Å². The molecule has 0 atom stereocenters. The first-order valence-corrected chi connectivity index (χ1v) is 5.36. The number of nitro groups is 1. The van der Waals surface area contributed by atoms with Crippen molar-refractivity contribution in [1.82, 2.24) is 0 Å². The van der Waals surface area contributed by atoms with Crippen LogP contribution in [0.25, 0.3) is 0 Å². The Morgan fingerprint density at radius 2 is 2.06 bits per heavy atom. The first kappa shape index (κ1) is 12.3. The topological polar surface area (TPSA) is 113 Å². The number of nitrogens with two attached hydrogens (primary N) is 1. The first-order valence-electron chi connectivity index (χ1n) is 3.82. The van der Waals surface area contributed by atoms with Gasteiger partial charge in [-0.1, -0.05) is 0 Å². The van der Waals surface area contributed by atoms with Gasteiger partial charge in [0.05, 0.1) is 18.1 Å². The van der Waals surface area contributed by atoms with E-state index >= 15 is 0 Å². The number of benzene rings is 1. The van der Waals surface area contributed by atoms with Crippen molar-refractivity contribution in [2.75, 3.05) is 7.11 Å². The van der Waals surface area contributed by atoms with Crippen LogP contribution in [0.3, 0.4) is 0 Å². The molecule has 0 heterocycles. The van der Waals surface area contributed by atoms with Gasteiger partial charge in [0.1, 0.15) is 4.90 Å². The molecule has 0 aliphatic rings. The van der Waals surface area contributed by atoms with Gasteiger partial charge in [-0.3, -0.25) is 10.1 Å². The molecule has 9 heteroatoms. The van der Waals surface area contributed by atoms with Gasteiger partial charge in [0.15, 0.2) is 11.6 Å². The Morgan fingerprint density at radius 1 is 1.50 bits per heavy atom. The van der Waals surface area contributed by atoms with E-state index in [-0.39, 0.29) is 0 Å². The molecule has 0 amide bonds. The summed E-state index contributed by atoms with van der Waals surface area (Å²) in [5.41, 5.74) is -0.720. The number of non-ortho nitro benzene ring substituents is 1. The van der Waals surface area contributed by atoms with Gasteiger partial charge in [-0.2, -0.15) is 0 Å². The molecule has 0 saturated heterocycles.